The standard InChI is InChI=1S/C11H11NO3/c1-14-11(13)7-2-3-9-8(5-12)6-15-10(9)4-7/h2-4,6H,5,12H2,1H3. The predicted molar refractivity (Wildman–Crippen MR) is 55.4 cm³/mol. The lowest BCUT2D eigenvalue weighted by Gasteiger charge is -1.98. The van der Waals surface area contributed by atoms with Crippen LogP contribution in [0.15, 0.2) is 28.9 Å². The van der Waals surface area contributed by atoms with E-state index in [4.69, 9.17) is 10.2 Å². The first kappa shape index (κ1) is 9.73. The Labute approximate surface area is 86.6 Å². The van der Waals surface area contributed by atoms with Crippen molar-refractivity contribution in [2.75, 3.05) is 7.11 Å². The van der Waals surface area contributed by atoms with Crippen molar-refractivity contribution in [3.05, 3.63) is 35.6 Å². The van der Waals surface area contributed by atoms with Gasteiger partial charge < -0.3 is 14.9 Å². The third-order valence-corrected chi connectivity index (χ3v) is 2.30. The highest BCUT2D eigenvalue weighted by molar-refractivity contribution is 5.94. The third kappa shape index (κ3) is 1.59. The highest BCUT2D eigenvalue weighted by Gasteiger charge is 2.09. The minimum Gasteiger partial charge on any atom is -0.465 e. The molecule has 2 N–H and O–H groups in total. The van der Waals surface area contributed by atoms with E-state index in [1.165, 1.54) is 7.11 Å². The lowest BCUT2D eigenvalue weighted by Crippen LogP contribution is -2.00. The first-order valence-corrected chi connectivity index (χ1v) is 4.54. The van der Waals surface area contributed by atoms with Gasteiger partial charge in [-0.15, -0.1) is 0 Å². The van der Waals surface area contributed by atoms with Crippen molar-refractivity contribution in [2.45, 2.75) is 6.54 Å². The number of esters is 1. The molecule has 1 aromatic carbocycles. The summed E-state index contributed by atoms with van der Waals surface area (Å²) in [5.74, 6) is -0.373. The molecule has 0 atom stereocenters. The van der Waals surface area contributed by atoms with Crippen LogP contribution >= 0.6 is 0 Å². The van der Waals surface area contributed by atoms with Gasteiger partial charge in [-0.3, -0.25) is 0 Å². The Hall–Kier alpha value is -1.81. The van der Waals surface area contributed by atoms with E-state index in [0.29, 0.717) is 17.7 Å². The van der Waals surface area contributed by atoms with Crippen molar-refractivity contribution >= 4 is 16.9 Å². The van der Waals surface area contributed by atoms with Crippen LogP contribution in [0.2, 0.25) is 0 Å². The fourth-order valence-corrected chi connectivity index (χ4v) is 1.49. The number of carbonyl (C=O) groups is 1. The van der Waals surface area contributed by atoms with E-state index in [9.17, 15) is 4.79 Å². The van der Waals surface area contributed by atoms with Gasteiger partial charge in [0, 0.05) is 17.5 Å². The molecule has 0 radical (unpaired) electrons. The average molecular weight is 205 g/mol. The van der Waals surface area contributed by atoms with Gasteiger partial charge in [0.1, 0.15) is 5.58 Å². The molecular weight excluding hydrogens is 194 g/mol. The van der Waals surface area contributed by atoms with Gasteiger partial charge in [0.25, 0.3) is 0 Å². The first-order valence-electron chi connectivity index (χ1n) is 4.54. The van der Waals surface area contributed by atoms with Crippen LogP contribution in [0, 0.1) is 0 Å². The number of carbonyl (C=O) groups excluding carboxylic acids is 1. The molecule has 1 aromatic heterocycles. The number of hydrogen-bond donors (Lipinski definition) is 1. The minimum atomic E-state index is -0.373. The van der Waals surface area contributed by atoms with Gasteiger partial charge >= 0.3 is 5.97 Å². The molecule has 78 valence electrons. The second-order valence-corrected chi connectivity index (χ2v) is 3.17. The number of ether oxygens (including phenoxy) is 1. The van der Waals surface area contributed by atoms with E-state index in [0.717, 1.165) is 10.9 Å². The predicted octanol–water partition coefficient (Wildman–Crippen LogP) is 1.68. The summed E-state index contributed by atoms with van der Waals surface area (Å²) in [7, 11) is 1.35. The molecule has 0 bridgehead atoms. The van der Waals surface area contributed by atoms with Gasteiger partial charge in [0.15, 0.2) is 0 Å². The van der Waals surface area contributed by atoms with Crippen LogP contribution in [0.25, 0.3) is 11.0 Å². The second kappa shape index (κ2) is 3.74. The molecule has 2 aromatic rings. The number of fused-ring (bicyclic) bond motifs is 1. The Kier molecular flexibility index (Phi) is 2.43. The van der Waals surface area contributed by atoms with Crippen LogP contribution in [-0.4, -0.2) is 13.1 Å². The number of benzene rings is 1. The Bertz CT molecular complexity index is 502. The van der Waals surface area contributed by atoms with E-state index in [1.54, 1.807) is 18.4 Å². The van der Waals surface area contributed by atoms with E-state index >= 15 is 0 Å². The Morgan fingerprint density at radius 1 is 1.53 bits per heavy atom. The molecule has 0 amide bonds. The van der Waals surface area contributed by atoms with Crippen LogP contribution in [0.1, 0.15) is 15.9 Å². The van der Waals surface area contributed by atoms with Crippen LogP contribution in [-0.2, 0) is 11.3 Å². The third-order valence-electron chi connectivity index (χ3n) is 2.30. The van der Waals surface area contributed by atoms with E-state index < -0.39 is 0 Å². The molecule has 0 aliphatic carbocycles. The molecule has 15 heavy (non-hydrogen) atoms. The van der Waals surface area contributed by atoms with Gasteiger partial charge in [0.2, 0.25) is 0 Å². The number of rotatable bonds is 2. The highest BCUT2D eigenvalue weighted by atomic mass is 16.5. The summed E-state index contributed by atoms with van der Waals surface area (Å²) < 4.78 is 9.90. The van der Waals surface area contributed by atoms with Crippen molar-refractivity contribution in [3.8, 4) is 0 Å². The van der Waals surface area contributed by atoms with E-state index in [-0.39, 0.29) is 5.97 Å². The highest BCUT2D eigenvalue weighted by Crippen LogP contribution is 2.22. The van der Waals surface area contributed by atoms with Crippen LogP contribution < -0.4 is 5.73 Å². The SMILES string of the molecule is COC(=O)c1ccc2c(CN)coc2c1. The normalized spacial score (nSPS) is 10.5. The molecule has 4 nitrogen and oxygen atoms in total. The molecular formula is C11H11NO3. The smallest absolute Gasteiger partial charge is 0.337 e. The van der Waals surface area contributed by atoms with Crippen molar-refractivity contribution in [2.24, 2.45) is 5.73 Å². The van der Waals surface area contributed by atoms with Gasteiger partial charge in [0.05, 0.1) is 18.9 Å². The maximum atomic E-state index is 11.2. The molecule has 0 unspecified atom stereocenters. The number of hydrogen-bond acceptors (Lipinski definition) is 4. The van der Waals surface area contributed by atoms with Gasteiger partial charge in [-0.1, -0.05) is 0 Å². The van der Waals surface area contributed by atoms with Crippen molar-refractivity contribution in [1.29, 1.82) is 0 Å². The average Bonchev–Trinajstić information content (AvgIpc) is 2.69. The second-order valence-electron chi connectivity index (χ2n) is 3.17. The molecule has 0 fully saturated rings. The van der Waals surface area contributed by atoms with Gasteiger partial charge in [-0.25, -0.2) is 4.79 Å². The van der Waals surface area contributed by atoms with Crippen molar-refractivity contribution < 1.29 is 13.9 Å². The number of furan rings is 1. The first-order chi connectivity index (χ1) is 7.26. The Balaban J connectivity index is 2.53. The molecule has 0 aliphatic heterocycles. The van der Waals surface area contributed by atoms with Crippen molar-refractivity contribution in [3.63, 3.8) is 0 Å². The maximum absolute atomic E-state index is 11.2. The molecule has 0 spiro atoms. The summed E-state index contributed by atoms with van der Waals surface area (Å²) >= 11 is 0. The molecule has 1 heterocycles. The van der Waals surface area contributed by atoms with Crippen LogP contribution in [0.4, 0.5) is 0 Å². The fourth-order valence-electron chi connectivity index (χ4n) is 1.49. The topological polar surface area (TPSA) is 65.5 Å². The Morgan fingerprint density at radius 2 is 2.33 bits per heavy atom. The fraction of sp³-hybridized carbons (Fsp3) is 0.182. The lowest BCUT2D eigenvalue weighted by molar-refractivity contribution is 0.0601. The summed E-state index contributed by atoms with van der Waals surface area (Å²) in [5.41, 5.74) is 7.59. The molecule has 4 heteroatoms. The van der Waals surface area contributed by atoms with Crippen molar-refractivity contribution in [1.82, 2.24) is 0 Å². The summed E-state index contributed by atoms with van der Waals surface area (Å²) in [6.07, 6.45) is 1.60. The van der Waals surface area contributed by atoms with Crippen LogP contribution in [0.5, 0.6) is 0 Å². The molecule has 0 aliphatic rings. The zero-order valence-electron chi connectivity index (χ0n) is 8.32. The van der Waals surface area contributed by atoms with E-state index in [2.05, 4.69) is 4.74 Å². The molecule has 0 saturated heterocycles. The quantitative estimate of drug-likeness (QED) is 0.757. The van der Waals surface area contributed by atoms with Gasteiger partial charge in [-0.05, 0) is 18.2 Å². The van der Waals surface area contributed by atoms with Crippen LogP contribution in [0.3, 0.4) is 0 Å². The summed E-state index contributed by atoms with van der Waals surface area (Å²) in [6.45, 7) is 0.421. The largest absolute Gasteiger partial charge is 0.465 e. The number of nitrogens with two attached hydrogens (primary N) is 1. The monoisotopic (exact) mass is 205 g/mol. The summed E-state index contributed by atoms with van der Waals surface area (Å²) in [6, 6.07) is 5.16. The molecule has 2 rings (SSSR count). The zero-order chi connectivity index (χ0) is 10.8. The maximum Gasteiger partial charge on any atom is 0.337 e. The van der Waals surface area contributed by atoms with Gasteiger partial charge in [-0.2, -0.15) is 0 Å². The summed E-state index contributed by atoms with van der Waals surface area (Å²) in [4.78, 5) is 11.2. The minimum absolute atomic E-state index is 0.373. The Morgan fingerprint density at radius 3 is 3.00 bits per heavy atom. The summed E-state index contributed by atoms with van der Waals surface area (Å²) in [5, 5.41) is 0.935. The zero-order valence-corrected chi connectivity index (χ0v) is 8.32. The number of methoxy groups -OCH3 is 1. The molecule has 0 saturated carbocycles. The van der Waals surface area contributed by atoms with E-state index in [1.807, 2.05) is 6.07 Å². The lowest BCUT2D eigenvalue weighted by atomic mass is 10.1.